The van der Waals surface area contributed by atoms with Crippen molar-refractivity contribution in [1.82, 2.24) is 10.2 Å². The monoisotopic (exact) mass is 402 g/mol. The molecule has 0 aromatic heterocycles. The molecule has 0 fully saturated rings. The first-order valence-corrected chi connectivity index (χ1v) is 9.50. The minimum absolute atomic E-state index is 0.259. The van der Waals surface area contributed by atoms with Gasteiger partial charge in [-0.25, -0.2) is 0 Å². The summed E-state index contributed by atoms with van der Waals surface area (Å²) in [5.41, 5.74) is 4.22. The molecule has 1 aromatic rings. The molecule has 0 radical (unpaired) electrons. The van der Waals surface area contributed by atoms with Crippen LogP contribution in [-0.2, 0) is 16.0 Å². The summed E-state index contributed by atoms with van der Waals surface area (Å²) in [6.45, 7) is 4.20. The van der Waals surface area contributed by atoms with Gasteiger partial charge < -0.3 is 20.1 Å². The van der Waals surface area contributed by atoms with E-state index in [0.29, 0.717) is 34.7 Å². The summed E-state index contributed by atoms with van der Waals surface area (Å²) < 4.78 is 5.70. The quantitative estimate of drug-likeness (QED) is 0.327. The van der Waals surface area contributed by atoms with Crippen LogP contribution in [-0.4, -0.2) is 48.1 Å². The summed E-state index contributed by atoms with van der Waals surface area (Å²) in [7, 11) is 3.54. The van der Waals surface area contributed by atoms with Gasteiger partial charge in [-0.15, -0.1) is 0 Å². The Bertz CT molecular complexity index is 858. The molecule has 1 aromatic carbocycles. The summed E-state index contributed by atoms with van der Waals surface area (Å²) in [5, 5.41) is 12.9. The lowest BCUT2D eigenvalue weighted by Crippen LogP contribution is -2.34. The number of nitrogens with one attached hydrogen (secondary N) is 1. The molecule has 7 heteroatoms. The molecule has 150 valence electrons. The predicted octanol–water partition coefficient (Wildman–Crippen LogP) is 3.17. The van der Waals surface area contributed by atoms with Crippen LogP contribution < -0.4 is 10.1 Å². The Balaban J connectivity index is 2.73. The molecule has 1 aliphatic heterocycles. The van der Waals surface area contributed by atoms with E-state index < -0.39 is 5.97 Å². The molecular weight excluding hydrogens is 376 g/mol. The number of carbonyl (C=O) groups is 2. The topological polar surface area (TPSA) is 78.9 Å². The van der Waals surface area contributed by atoms with Gasteiger partial charge in [0.1, 0.15) is 12.0 Å². The van der Waals surface area contributed by atoms with E-state index >= 15 is 0 Å². The van der Waals surface area contributed by atoms with Crippen LogP contribution in [0.1, 0.15) is 37.8 Å². The van der Waals surface area contributed by atoms with E-state index in [-0.39, 0.29) is 6.42 Å². The Morgan fingerprint density at radius 1 is 1.39 bits per heavy atom. The summed E-state index contributed by atoms with van der Waals surface area (Å²) in [5.74, 6) is -0.149. The number of nitrogens with zero attached hydrogens (tertiary/aromatic N) is 1. The molecule has 0 aliphatic carbocycles. The fourth-order valence-corrected chi connectivity index (χ4v) is 3.39. The maximum atomic E-state index is 11.5. The third kappa shape index (κ3) is 4.78. The van der Waals surface area contributed by atoms with E-state index in [4.69, 9.17) is 17.0 Å². The maximum Gasteiger partial charge on any atom is 0.307 e. The highest BCUT2D eigenvalue weighted by Gasteiger charge is 2.22. The molecule has 0 saturated heterocycles. The number of hydrogen-bond acceptors (Lipinski definition) is 4. The number of aldehydes is 1. The minimum atomic E-state index is -0.998. The fraction of sp³-hybridized carbons (Fsp3) is 0.381. The number of aryl methyl sites for hydroxylation is 1. The van der Waals surface area contributed by atoms with Gasteiger partial charge in [0.25, 0.3) is 0 Å². The SMILES string of the molecule is CNC(=S)N(C)C(C)=C(/C(CC(=O)O)=C(/C)C=O)c1ccc2c(c1)CCCO2. The van der Waals surface area contributed by atoms with Gasteiger partial charge in [-0.05, 0) is 73.3 Å². The number of rotatable bonds is 6. The number of carboxylic acid groups (broad SMARTS) is 1. The number of carbonyl (C=O) groups excluding carboxylic acids is 1. The van der Waals surface area contributed by atoms with Crippen molar-refractivity contribution in [3.63, 3.8) is 0 Å². The Kier molecular flexibility index (Phi) is 7.34. The largest absolute Gasteiger partial charge is 0.493 e. The lowest BCUT2D eigenvalue weighted by atomic mass is 9.88. The molecule has 0 atom stereocenters. The lowest BCUT2D eigenvalue weighted by Gasteiger charge is -2.26. The number of aliphatic carboxylic acids is 1. The minimum Gasteiger partial charge on any atom is -0.493 e. The summed E-state index contributed by atoms with van der Waals surface area (Å²) in [6, 6.07) is 5.82. The third-order valence-electron chi connectivity index (χ3n) is 4.86. The van der Waals surface area contributed by atoms with E-state index in [1.807, 2.05) is 32.2 Å². The zero-order valence-corrected chi connectivity index (χ0v) is 17.5. The third-order valence-corrected chi connectivity index (χ3v) is 5.34. The highest BCUT2D eigenvalue weighted by Crippen LogP contribution is 2.35. The molecular formula is C21H26N2O4S. The zero-order valence-electron chi connectivity index (χ0n) is 16.7. The molecule has 2 rings (SSSR count). The molecule has 1 aliphatic rings. The highest BCUT2D eigenvalue weighted by molar-refractivity contribution is 7.80. The maximum absolute atomic E-state index is 11.5. The molecule has 0 unspecified atom stereocenters. The van der Waals surface area contributed by atoms with Crippen molar-refractivity contribution in [2.45, 2.75) is 33.1 Å². The van der Waals surface area contributed by atoms with Crippen molar-refractivity contribution in [3.8, 4) is 5.75 Å². The first-order valence-electron chi connectivity index (χ1n) is 9.09. The first-order chi connectivity index (χ1) is 13.3. The van der Waals surface area contributed by atoms with Crippen molar-refractivity contribution in [3.05, 3.63) is 46.2 Å². The molecule has 28 heavy (non-hydrogen) atoms. The summed E-state index contributed by atoms with van der Waals surface area (Å²) in [4.78, 5) is 24.8. The summed E-state index contributed by atoms with van der Waals surface area (Å²) >= 11 is 5.35. The fourth-order valence-electron chi connectivity index (χ4n) is 3.25. The van der Waals surface area contributed by atoms with Crippen LogP contribution >= 0.6 is 12.2 Å². The second kappa shape index (κ2) is 9.50. The van der Waals surface area contributed by atoms with Gasteiger partial charge in [0.15, 0.2) is 5.11 Å². The summed E-state index contributed by atoms with van der Waals surface area (Å²) in [6.07, 6.45) is 2.27. The van der Waals surface area contributed by atoms with Crippen molar-refractivity contribution >= 4 is 35.2 Å². The Labute approximate surface area is 170 Å². The molecule has 0 saturated carbocycles. The lowest BCUT2D eigenvalue weighted by molar-refractivity contribution is -0.136. The van der Waals surface area contributed by atoms with Crippen LogP contribution in [0.2, 0.25) is 0 Å². The number of fused-ring (bicyclic) bond motifs is 1. The number of thiocarbonyl (C=S) groups is 1. The van der Waals surface area contributed by atoms with Crippen LogP contribution in [0.25, 0.3) is 5.57 Å². The van der Waals surface area contributed by atoms with E-state index in [9.17, 15) is 14.7 Å². The Morgan fingerprint density at radius 3 is 2.71 bits per heavy atom. The van der Waals surface area contributed by atoms with E-state index in [0.717, 1.165) is 35.4 Å². The molecule has 1 heterocycles. The van der Waals surface area contributed by atoms with E-state index in [2.05, 4.69) is 5.32 Å². The molecule has 0 spiro atoms. The average Bonchev–Trinajstić information content (AvgIpc) is 2.70. The second-order valence-electron chi connectivity index (χ2n) is 6.70. The molecule has 0 amide bonds. The van der Waals surface area contributed by atoms with Gasteiger partial charge in [-0.1, -0.05) is 6.07 Å². The zero-order chi connectivity index (χ0) is 20.8. The van der Waals surface area contributed by atoms with Crippen molar-refractivity contribution < 1.29 is 19.4 Å². The van der Waals surface area contributed by atoms with Gasteiger partial charge in [0.2, 0.25) is 0 Å². The molecule has 2 N–H and O–H groups in total. The van der Waals surface area contributed by atoms with Gasteiger partial charge in [-0.2, -0.15) is 0 Å². The number of allylic oxidation sites excluding steroid dienone is 3. The van der Waals surface area contributed by atoms with Crippen LogP contribution in [0, 0.1) is 0 Å². The highest BCUT2D eigenvalue weighted by atomic mass is 32.1. The van der Waals surface area contributed by atoms with Crippen LogP contribution in [0.5, 0.6) is 5.75 Å². The standard InChI is InChI=1S/C21H26N2O4S/c1-13(12-24)17(11-19(25)26)20(14(2)23(4)21(28)22-3)16-7-8-18-15(10-16)6-5-9-27-18/h7-8,10,12H,5-6,9,11H2,1-4H3,(H,22,28)(H,25,26)/b17-13-,20-14?. The van der Waals surface area contributed by atoms with E-state index in [1.165, 1.54) is 0 Å². The average molecular weight is 403 g/mol. The van der Waals surface area contributed by atoms with Crippen LogP contribution in [0.15, 0.2) is 35.0 Å². The van der Waals surface area contributed by atoms with Gasteiger partial charge in [-0.3, -0.25) is 9.59 Å². The number of benzene rings is 1. The van der Waals surface area contributed by atoms with Crippen LogP contribution in [0.4, 0.5) is 0 Å². The van der Waals surface area contributed by atoms with Gasteiger partial charge in [0.05, 0.1) is 13.0 Å². The first kappa shape index (κ1) is 21.6. The van der Waals surface area contributed by atoms with Gasteiger partial charge in [0, 0.05) is 25.4 Å². The van der Waals surface area contributed by atoms with Crippen LogP contribution in [0.3, 0.4) is 0 Å². The van der Waals surface area contributed by atoms with Crippen molar-refractivity contribution in [2.24, 2.45) is 0 Å². The van der Waals surface area contributed by atoms with Crippen molar-refractivity contribution in [2.75, 3.05) is 20.7 Å². The van der Waals surface area contributed by atoms with Gasteiger partial charge >= 0.3 is 5.97 Å². The number of ether oxygens (including phenoxy) is 1. The smallest absolute Gasteiger partial charge is 0.307 e. The molecule has 6 nitrogen and oxygen atoms in total. The van der Waals surface area contributed by atoms with E-state index in [1.54, 1.807) is 18.9 Å². The molecule has 0 bridgehead atoms. The van der Waals surface area contributed by atoms with Crippen molar-refractivity contribution in [1.29, 1.82) is 0 Å². The second-order valence-corrected chi connectivity index (χ2v) is 7.09. The number of carboxylic acids is 1. The predicted molar refractivity (Wildman–Crippen MR) is 113 cm³/mol. The Morgan fingerprint density at radius 2 is 2.11 bits per heavy atom. The number of hydrogen-bond donors (Lipinski definition) is 2. The Hall–Kier alpha value is -2.67. The normalized spacial score (nSPS) is 14.7.